The van der Waals surface area contributed by atoms with Crippen LogP contribution in [0, 0.1) is 6.92 Å². The lowest BCUT2D eigenvalue weighted by Gasteiger charge is -2.06. The van der Waals surface area contributed by atoms with Crippen LogP contribution in [0.25, 0.3) is 6.08 Å². The van der Waals surface area contributed by atoms with Crippen LogP contribution in [0.4, 0.5) is 0 Å². The maximum Gasteiger partial charge on any atom is 0.271 e. The first-order valence-electron chi connectivity index (χ1n) is 6.66. The second-order valence-electron chi connectivity index (χ2n) is 4.67. The highest BCUT2D eigenvalue weighted by atomic mass is 35.5. The third-order valence-electron chi connectivity index (χ3n) is 2.92. The third-order valence-corrected chi connectivity index (χ3v) is 3.25. The minimum Gasteiger partial charge on any atom is -0.268 e. The number of carbonyl (C=O) groups excluding carboxylic acids is 2. The first-order valence-corrected chi connectivity index (χ1v) is 7.03. The summed E-state index contributed by atoms with van der Waals surface area (Å²) in [7, 11) is 0. The van der Waals surface area contributed by atoms with Crippen LogP contribution >= 0.6 is 11.6 Å². The first-order chi connectivity index (χ1) is 10.6. The molecule has 0 aromatic heterocycles. The van der Waals surface area contributed by atoms with E-state index >= 15 is 0 Å². The molecule has 0 spiro atoms. The number of hydrogen-bond acceptors (Lipinski definition) is 2. The summed E-state index contributed by atoms with van der Waals surface area (Å²) in [5, 5.41) is 0.324. The number of halogens is 1. The molecule has 0 heterocycles. The van der Waals surface area contributed by atoms with E-state index in [9.17, 15) is 9.59 Å². The Morgan fingerprint density at radius 3 is 2.36 bits per heavy atom. The quantitative estimate of drug-likeness (QED) is 0.675. The van der Waals surface area contributed by atoms with Crippen LogP contribution in [-0.4, -0.2) is 11.8 Å². The molecule has 4 nitrogen and oxygen atoms in total. The van der Waals surface area contributed by atoms with Gasteiger partial charge in [0.2, 0.25) is 0 Å². The maximum absolute atomic E-state index is 11.8. The van der Waals surface area contributed by atoms with Crippen LogP contribution in [0.3, 0.4) is 0 Å². The van der Waals surface area contributed by atoms with E-state index in [1.165, 1.54) is 6.08 Å². The number of aryl methyl sites for hydroxylation is 1. The fraction of sp³-hybridized carbons (Fsp3) is 0.0588. The zero-order valence-electron chi connectivity index (χ0n) is 12.0. The summed E-state index contributed by atoms with van der Waals surface area (Å²) in [4.78, 5) is 23.5. The Bertz CT molecular complexity index is 709. The van der Waals surface area contributed by atoms with E-state index in [4.69, 9.17) is 11.6 Å². The van der Waals surface area contributed by atoms with E-state index < -0.39 is 11.8 Å². The van der Waals surface area contributed by atoms with E-state index in [-0.39, 0.29) is 0 Å². The second-order valence-corrected chi connectivity index (χ2v) is 5.07. The average Bonchev–Trinajstić information content (AvgIpc) is 2.52. The molecular weight excluding hydrogens is 300 g/mol. The molecule has 0 fully saturated rings. The second kappa shape index (κ2) is 7.43. The molecule has 0 unspecified atom stereocenters. The fourth-order valence-corrected chi connectivity index (χ4v) is 1.94. The summed E-state index contributed by atoms with van der Waals surface area (Å²) in [6, 6.07) is 14.3. The standard InChI is InChI=1S/C17H15ClN2O2/c1-12-6-8-13(9-7-12)10-11-16(21)19-20-17(22)14-4-2-3-5-15(14)18/h2-11H,1H3,(H,19,21)(H,20,22). The highest BCUT2D eigenvalue weighted by Gasteiger charge is 2.09. The zero-order chi connectivity index (χ0) is 15.9. The van der Waals surface area contributed by atoms with Crippen molar-refractivity contribution in [3.05, 3.63) is 76.3 Å². The van der Waals surface area contributed by atoms with Crippen LogP contribution in [-0.2, 0) is 4.79 Å². The number of amides is 2. The van der Waals surface area contributed by atoms with Crippen LogP contribution in [0.1, 0.15) is 21.5 Å². The van der Waals surface area contributed by atoms with E-state index in [0.29, 0.717) is 10.6 Å². The molecule has 0 bridgehead atoms. The van der Waals surface area contributed by atoms with Crippen LogP contribution in [0.5, 0.6) is 0 Å². The molecule has 2 rings (SSSR count). The normalized spacial score (nSPS) is 10.5. The van der Waals surface area contributed by atoms with Gasteiger partial charge in [-0.05, 0) is 30.7 Å². The van der Waals surface area contributed by atoms with Crippen LogP contribution in [0.2, 0.25) is 5.02 Å². The molecule has 0 aliphatic heterocycles. The van der Waals surface area contributed by atoms with Gasteiger partial charge in [-0.3, -0.25) is 20.4 Å². The summed E-state index contributed by atoms with van der Waals surface area (Å²) in [6.07, 6.45) is 3.01. The highest BCUT2D eigenvalue weighted by Crippen LogP contribution is 2.14. The smallest absolute Gasteiger partial charge is 0.268 e. The van der Waals surface area contributed by atoms with Gasteiger partial charge in [0, 0.05) is 6.08 Å². The summed E-state index contributed by atoms with van der Waals surface area (Å²) in [6.45, 7) is 1.99. The SMILES string of the molecule is Cc1ccc(C=CC(=O)NNC(=O)c2ccccc2Cl)cc1. The molecular formula is C17H15ClN2O2. The Labute approximate surface area is 133 Å². The molecule has 0 saturated heterocycles. The summed E-state index contributed by atoms with van der Waals surface area (Å²) >= 11 is 5.90. The van der Waals surface area contributed by atoms with Crippen molar-refractivity contribution in [1.29, 1.82) is 0 Å². The number of nitrogens with one attached hydrogen (secondary N) is 2. The molecule has 0 aliphatic carbocycles. The van der Waals surface area contributed by atoms with Crippen molar-refractivity contribution >= 4 is 29.5 Å². The summed E-state index contributed by atoms with van der Waals surface area (Å²) < 4.78 is 0. The van der Waals surface area contributed by atoms with Gasteiger partial charge >= 0.3 is 0 Å². The monoisotopic (exact) mass is 314 g/mol. The van der Waals surface area contributed by atoms with Gasteiger partial charge in [0.25, 0.3) is 11.8 Å². The number of hydrazine groups is 1. The topological polar surface area (TPSA) is 58.2 Å². The Balaban J connectivity index is 1.89. The fourth-order valence-electron chi connectivity index (χ4n) is 1.72. The summed E-state index contributed by atoms with van der Waals surface area (Å²) in [5.74, 6) is -0.899. The first kappa shape index (κ1) is 15.8. The van der Waals surface area contributed by atoms with Crippen molar-refractivity contribution in [2.45, 2.75) is 6.92 Å². The molecule has 0 saturated carbocycles. The van der Waals surface area contributed by atoms with Crippen LogP contribution in [0.15, 0.2) is 54.6 Å². The van der Waals surface area contributed by atoms with E-state index in [1.807, 2.05) is 31.2 Å². The van der Waals surface area contributed by atoms with Gasteiger partial charge in [-0.15, -0.1) is 0 Å². The van der Waals surface area contributed by atoms with Crippen LogP contribution < -0.4 is 10.9 Å². The molecule has 112 valence electrons. The molecule has 22 heavy (non-hydrogen) atoms. The Morgan fingerprint density at radius 1 is 1.00 bits per heavy atom. The third kappa shape index (κ3) is 4.46. The molecule has 0 atom stereocenters. The largest absolute Gasteiger partial charge is 0.271 e. The minimum absolute atomic E-state index is 0.298. The number of rotatable bonds is 3. The molecule has 2 aromatic rings. The molecule has 2 amide bonds. The van der Waals surface area contributed by atoms with Crippen molar-refractivity contribution in [1.82, 2.24) is 10.9 Å². The lowest BCUT2D eigenvalue weighted by atomic mass is 10.1. The van der Waals surface area contributed by atoms with Crippen molar-refractivity contribution in [3.63, 3.8) is 0 Å². The Morgan fingerprint density at radius 2 is 1.68 bits per heavy atom. The van der Waals surface area contributed by atoms with Gasteiger partial charge in [0.15, 0.2) is 0 Å². The predicted molar refractivity (Wildman–Crippen MR) is 87.3 cm³/mol. The van der Waals surface area contributed by atoms with Gasteiger partial charge in [-0.1, -0.05) is 53.6 Å². The number of hydrogen-bond donors (Lipinski definition) is 2. The summed E-state index contributed by atoms with van der Waals surface area (Å²) in [5.41, 5.74) is 6.96. The van der Waals surface area contributed by atoms with Gasteiger partial charge in [0.05, 0.1) is 10.6 Å². The minimum atomic E-state index is -0.470. The van der Waals surface area contributed by atoms with Gasteiger partial charge < -0.3 is 0 Å². The molecule has 5 heteroatoms. The Hall–Kier alpha value is -2.59. The van der Waals surface area contributed by atoms with Crippen molar-refractivity contribution < 1.29 is 9.59 Å². The highest BCUT2D eigenvalue weighted by molar-refractivity contribution is 6.33. The zero-order valence-corrected chi connectivity index (χ0v) is 12.7. The molecule has 0 radical (unpaired) electrons. The van der Waals surface area contributed by atoms with E-state index in [1.54, 1.807) is 30.3 Å². The predicted octanol–water partition coefficient (Wildman–Crippen LogP) is 3.12. The van der Waals surface area contributed by atoms with Gasteiger partial charge in [-0.25, -0.2) is 0 Å². The lowest BCUT2D eigenvalue weighted by Crippen LogP contribution is -2.40. The number of benzene rings is 2. The molecule has 0 aliphatic rings. The van der Waals surface area contributed by atoms with Gasteiger partial charge in [0.1, 0.15) is 0 Å². The molecule has 2 aromatic carbocycles. The molecule has 2 N–H and O–H groups in total. The van der Waals surface area contributed by atoms with Gasteiger partial charge in [-0.2, -0.15) is 0 Å². The average molecular weight is 315 g/mol. The van der Waals surface area contributed by atoms with Crippen molar-refractivity contribution in [2.75, 3.05) is 0 Å². The maximum atomic E-state index is 11.8. The lowest BCUT2D eigenvalue weighted by molar-refractivity contribution is -0.117. The van der Waals surface area contributed by atoms with Crippen molar-refractivity contribution in [3.8, 4) is 0 Å². The van der Waals surface area contributed by atoms with Crippen molar-refractivity contribution in [2.24, 2.45) is 0 Å². The van der Waals surface area contributed by atoms with E-state index in [0.717, 1.165) is 11.1 Å². The van der Waals surface area contributed by atoms with E-state index in [2.05, 4.69) is 10.9 Å². The number of carbonyl (C=O) groups is 2. The Kier molecular flexibility index (Phi) is 5.33.